The Hall–Kier alpha value is -1.92. The number of aromatic nitrogens is 2. The fourth-order valence-corrected chi connectivity index (χ4v) is 4.50. The zero-order chi connectivity index (χ0) is 18.8. The summed E-state index contributed by atoms with van der Waals surface area (Å²) in [6.07, 6.45) is 5.04. The second-order valence-corrected chi connectivity index (χ2v) is 8.06. The van der Waals surface area contributed by atoms with Crippen LogP contribution in [0.3, 0.4) is 0 Å². The molecule has 7 heteroatoms. The van der Waals surface area contributed by atoms with Crippen LogP contribution in [0.15, 0.2) is 28.8 Å². The molecule has 1 aliphatic carbocycles. The van der Waals surface area contributed by atoms with Crippen LogP contribution in [-0.4, -0.2) is 40.6 Å². The van der Waals surface area contributed by atoms with E-state index in [4.69, 9.17) is 21.9 Å². The van der Waals surface area contributed by atoms with Crippen LogP contribution in [-0.2, 0) is 4.79 Å². The number of benzene rings is 1. The molecule has 1 aliphatic heterocycles. The minimum Gasteiger partial charge on any atom is -0.342 e. The third-order valence-electron chi connectivity index (χ3n) is 5.91. The van der Waals surface area contributed by atoms with E-state index in [0.29, 0.717) is 35.7 Å². The molecule has 3 atom stereocenters. The molecule has 2 fully saturated rings. The Morgan fingerprint density at radius 3 is 2.81 bits per heavy atom. The summed E-state index contributed by atoms with van der Waals surface area (Å²) in [4.78, 5) is 19.6. The van der Waals surface area contributed by atoms with Crippen molar-refractivity contribution in [2.45, 2.75) is 38.0 Å². The SMILES string of the molecule is NC[C@H]1CCC[C@H]1C(=O)N1CCCC(c2nc(-c3ccc(Cl)cc3)no2)C1. The molecule has 1 unspecified atom stereocenters. The number of hydrogen-bond acceptors (Lipinski definition) is 5. The van der Waals surface area contributed by atoms with Crippen LogP contribution in [0.4, 0.5) is 0 Å². The molecule has 0 radical (unpaired) electrons. The molecule has 1 aromatic heterocycles. The van der Waals surface area contributed by atoms with Gasteiger partial charge in [-0.05, 0) is 62.4 Å². The van der Waals surface area contributed by atoms with E-state index in [1.807, 2.05) is 29.2 Å². The minimum absolute atomic E-state index is 0.0843. The molecular formula is C20H25ClN4O2. The third kappa shape index (κ3) is 3.87. The molecule has 2 heterocycles. The molecule has 2 aromatic rings. The first kappa shape index (κ1) is 18.4. The van der Waals surface area contributed by atoms with Gasteiger partial charge in [-0.15, -0.1) is 0 Å². The third-order valence-corrected chi connectivity index (χ3v) is 6.16. The van der Waals surface area contributed by atoms with Crippen LogP contribution in [0, 0.1) is 11.8 Å². The van der Waals surface area contributed by atoms with E-state index in [1.54, 1.807) is 0 Å². The summed E-state index contributed by atoms with van der Waals surface area (Å²) in [6.45, 7) is 2.05. The number of nitrogens with zero attached hydrogens (tertiary/aromatic N) is 3. The van der Waals surface area contributed by atoms with E-state index in [-0.39, 0.29) is 17.7 Å². The highest BCUT2D eigenvalue weighted by Gasteiger charge is 2.37. The molecule has 2 aliphatic rings. The molecule has 0 bridgehead atoms. The summed E-state index contributed by atoms with van der Waals surface area (Å²) < 4.78 is 5.53. The Morgan fingerprint density at radius 2 is 2.04 bits per heavy atom. The maximum Gasteiger partial charge on any atom is 0.231 e. The molecule has 1 saturated heterocycles. The first-order valence-corrected chi connectivity index (χ1v) is 10.1. The number of likely N-dealkylation sites (tertiary alicyclic amines) is 1. The van der Waals surface area contributed by atoms with Gasteiger partial charge in [-0.3, -0.25) is 4.79 Å². The van der Waals surface area contributed by atoms with Gasteiger partial charge >= 0.3 is 0 Å². The maximum atomic E-state index is 13.0. The van der Waals surface area contributed by atoms with Crippen LogP contribution < -0.4 is 5.73 Å². The molecule has 2 N–H and O–H groups in total. The summed E-state index contributed by atoms with van der Waals surface area (Å²) in [5, 5.41) is 4.79. The van der Waals surface area contributed by atoms with E-state index in [1.165, 1.54) is 0 Å². The number of nitrogens with two attached hydrogens (primary N) is 1. The van der Waals surface area contributed by atoms with E-state index >= 15 is 0 Å². The lowest BCUT2D eigenvalue weighted by atomic mass is 9.92. The predicted octanol–water partition coefficient (Wildman–Crippen LogP) is 3.47. The average Bonchev–Trinajstić information content (AvgIpc) is 3.37. The molecule has 1 saturated carbocycles. The van der Waals surface area contributed by atoms with Crippen molar-refractivity contribution < 1.29 is 9.32 Å². The topological polar surface area (TPSA) is 85.3 Å². The van der Waals surface area contributed by atoms with E-state index < -0.39 is 0 Å². The van der Waals surface area contributed by atoms with Crippen molar-refractivity contribution in [2.75, 3.05) is 19.6 Å². The fraction of sp³-hybridized carbons (Fsp3) is 0.550. The van der Waals surface area contributed by atoms with Crippen LogP contribution in [0.1, 0.15) is 43.9 Å². The highest BCUT2D eigenvalue weighted by molar-refractivity contribution is 6.30. The average molecular weight is 389 g/mol. The lowest BCUT2D eigenvalue weighted by molar-refractivity contribution is -0.138. The Bertz CT molecular complexity index is 792. The lowest BCUT2D eigenvalue weighted by Gasteiger charge is -2.34. The monoisotopic (exact) mass is 388 g/mol. The van der Waals surface area contributed by atoms with Crippen molar-refractivity contribution in [3.05, 3.63) is 35.2 Å². The van der Waals surface area contributed by atoms with E-state index in [9.17, 15) is 4.79 Å². The molecule has 1 aromatic carbocycles. The van der Waals surface area contributed by atoms with Crippen molar-refractivity contribution in [3.8, 4) is 11.4 Å². The van der Waals surface area contributed by atoms with E-state index in [2.05, 4.69) is 10.1 Å². The Labute approximate surface area is 164 Å². The zero-order valence-electron chi connectivity index (χ0n) is 15.3. The quantitative estimate of drug-likeness (QED) is 0.866. The summed E-state index contributed by atoms with van der Waals surface area (Å²) in [5.41, 5.74) is 6.74. The summed E-state index contributed by atoms with van der Waals surface area (Å²) >= 11 is 5.94. The van der Waals surface area contributed by atoms with Gasteiger partial charge in [0.15, 0.2) is 0 Å². The molecule has 0 spiro atoms. The number of carbonyl (C=O) groups is 1. The summed E-state index contributed by atoms with van der Waals surface area (Å²) in [5.74, 6) is 1.93. The molecule has 6 nitrogen and oxygen atoms in total. The Morgan fingerprint density at radius 1 is 1.22 bits per heavy atom. The van der Waals surface area contributed by atoms with Crippen molar-refractivity contribution in [1.82, 2.24) is 15.0 Å². The standard InChI is InChI=1S/C20H25ClN4O2/c21-16-8-6-13(7-9-16)18-23-19(27-24-18)15-4-2-10-25(12-15)20(26)17-5-1-3-14(17)11-22/h6-9,14-15,17H,1-5,10-12,22H2/t14-,15?,17-/m1/s1. The predicted molar refractivity (Wildman–Crippen MR) is 103 cm³/mol. The Balaban J connectivity index is 1.45. The molecule has 4 rings (SSSR count). The second-order valence-electron chi connectivity index (χ2n) is 7.62. The smallest absolute Gasteiger partial charge is 0.231 e. The maximum absolute atomic E-state index is 13.0. The van der Waals surface area contributed by atoms with Crippen LogP contribution in [0.5, 0.6) is 0 Å². The van der Waals surface area contributed by atoms with Gasteiger partial charge in [0.05, 0.1) is 5.92 Å². The van der Waals surface area contributed by atoms with Gasteiger partial charge in [0.1, 0.15) is 0 Å². The highest BCUT2D eigenvalue weighted by Crippen LogP contribution is 2.35. The van der Waals surface area contributed by atoms with Gasteiger partial charge in [0.2, 0.25) is 17.6 Å². The van der Waals surface area contributed by atoms with Crippen LogP contribution in [0.2, 0.25) is 5.02 Å². The second kappa shape index (κ2) is 7.98. The van der Waals surface area contributed by atoms with Gasteiger partial charge in [-0.25, -0.2) is 0 Å². The first-order chi connectivity index (χ1) is 13.2. The van der Waals surface area contributed by atoms with Crippen molar-refractivity contribution in [3.63, 3.8) is 0 Å². The first-order valence-electron chi connectivity index (χ1n) is 9.74. The van der Waals surface area contributed by atoms with Gasteiger partial charge in [-0.1, -0.05) is 23.2 Å². The number of rotatable bonds is 4. The highest BCUT2D eigenvalue weighted by atomic mass is 35.5. The van der Waals surface area contributed by atoms with Gasteiger partial charge < -0.3 is 15.2 Å². The van der Waals surface area contributed by atoms with Gasteiger partial charge in [-0.2, -0.15) is 4.98 Å². The number of amides is 1. The lowest BCUT2D eigenvalue weighted by Crippen LogP contribution is -2.44. The van der Waals surface area contributed by atoms with Crippen molar-refractivity contribution >= 4 is 17.5 Å². The number of halogens is 1. The van der Waals surface area contributed by atoms with Gasteiger partial charge in [0.25, 0.3) is 0 Å². The number of carbonyl (C=O) groups excluding carboxylic acids is 1. The Kier molecular flexibility index (Phi) is 5.45. The van der Waals surface area contributed by atoms with Gasteiger partial charge in [0, 0.05) is 29.6 Å². The largest absolute Gasteiger partial charge is 0.342 e. The summed E-state index contributed by atoms with van der Waals surface area (Å²) in [6, 6.07) is 7.37. The van der Waals surface area contributed by atoms with Crippen molar-refractivity contribution in [2.24, 2.45) is 17.6 Å². The van der Waals surface area contributed by atoms with Crippen molar-refractivity contribution in [1.29, 1.82) is 0 Å². The molecular weight excluding hydrogens is 364 g/mol. The van der Waals surface area contributed by atoms with Crippen LogP contribution in [0.25, 0.3) is 11.4 Å². The zero-order valence-corrected chi connectivity index (χ0v) is 16.1. The van der Waals surface area contributed by atoms with E-state index in [0.717, 1.165) is 44.2 Å². The normalized spacial score (nSPS) is 25.7. The fourth-order valence-electron chi connectivity index (χ4n) is 4.37. The summed E-state index contributed by atoms with van der Waals surface area (Å²) in [7, 11) is 0. The number of hydrogen-bond donors (Lipinski definition) is 1. The number of piperidine rings is 1. The molecule has 27 heavy (non-hydrogen) atoms. The van der Waals surface area contributed by atoms with Crippen LogP contribution >= 0.6 is 11.6 Å². The minimum atomic E-state index is 0.0843. The molecule has 144 valence electrons. The molecule has 1 amide bonds.